The maximum Gasteiger partial charge on any atom is 0.220 e. The molecule has 0 saturated carbocycles. The molecule has 0 aliphatic rings. The van der Waals surface area contributed by atoms with Crippen LogP contribution in [0.3, 0.4) is 0 Å². The Kier molecular flexibility index (Phi) is 3.51. The lowest BCUT2D eigenvalue weighted by Crippen LogP contribution is -1.95. The van der Waals surface area contributed by atoms with Gasteiger partial charge in [0.15, 0.2) is 0 Å². The fraction of sp³-hybridized carbons (Fsp3) is 0. The molecule has 0 aliphatic carbocycles. The summed E-state index contributed by atoms with van der Waals surface area (Å²) in [6.07, 6.45) is 5.12. The van der Waals surface area contributed by atoms with Crippen molar-refractivity contribution in [1.82, 2.24) is 19.9 Å². The molecule has 3 aromatic heterocycles. The lowest BCUT2D eigenvalue weighted by Gasteiger charge is -2.08. The van der Waals surface area contributed by atoms with Gasteiger partial charge < -0.3 is 15.5 Å². The maximum absolute atomic E-state index is 6.02. The second-order valence-corrected chi connectivity index (χ2v) is 5.53. The highest BCUT2D eigenvalue weighted by atomic mass is 35.5. The van der Waals surface area contributed by atoms with Crippen molar-refractivity contribution in [3.8, 4) is 22.8 Å². The van der Waals surface area contributed by atoms with Crippen LogP contribution in [0.15, 0.2) is 55.0 Å². The highest BCUT2D eigenvalue weighted by Crippen LogP contribution is 2.36. The maximum atomic E-state index is 6.02. The summed E-state index contributed by atoms with van der Waals surface area (Å²) >= 11 is 6.02. The Morgan fingerprint density at radius 1 is 1.08 bits per heavy atom. The lowest BCUT2D eigenvalue weighted by atomic mass is 10.1. The number of nitrogen functional groups attached to an aromatic ring is 1. The molecule has 0 fully saturated rings. The molecule has 0 amide bonds. The Balaban J connectivity index is 1.86. The SMILES string of the molecule is Nc1nccc(-c2c[nH]c3nccc(Oc4cccc(Cl)c4)c23)n1. The summed E-state index contributed by atoms with van der Waals surface area (Å²) in [4.78, 5) is 15.7. The van der Waals surface area contributed by atoms with E-state index in [9.17, 15) is 0 Å². The smallest absolute Gasteiger partial charge is 0.220 e. The van der Waals surface area contributed by atoms with Crippen LogP contribution in [0.1, 0.15) is 0 Å². The van der Waals surface area contributed by atoms with Gasteiger partial charge in [-0.2, -0.15) is 0 Å². The Morgan fingerprint density at radius 2 is 1.96 bits per heavy atom. The third kappa shape index (κ3) is 2.63. The van der Waals surface area contributed by atoms with Gasteiger partial charge in [-0.3, -0.25) is 0 Å². The van der Waals surface area contributed by atoms with Gasteiger partial charge in [-0.15, -0.1) is 0 Å². The molecule has 3 N–H and O–H groups in total. The van der Waals surface area contributed by atoms with Gasteiger partial charge in [0.1, 0.15) is 17.1 Å². The zero-order valence-electron chi connectivity index (χ0n) is 12.4. The normalized spacial score (nSPS) is 10.9. The average Bonchev–Trinajstić information content (AvgIpc) is 3.00. The van der Waals surface area contributed by atoms with Crippen molar-refractivity contribution in [3.05, 3.63) is 60.0 Å². The van der Waals surface area contributed by atoms with Crippen LogP contribution in [0.2, 0.25) is 5.02 Å². The zero-order valence-corrected chi connectivity index (χ0v) is 13.2. The predicted octanol–water partition coefficient (Wildman–Crippen LogP) is 4.05. The number of hydrogen-bond acceptors (Lipinski definition) is 5. The number of nitrogens with one attached hydrogen (secondary N) is 1. The van der Waals surface area contributed by atoms with Crippen LogP contribution in [0.4, 0.5) is 5.95 Å². The largest absolute Gasteiger partial charge is 0.456 e. The first-order valence-electron chi connectivity index (χ1n) is 7.19. The first-order chi connectivity index (χ1) is 11.7. The van der Waals surface area contributed by atoms with Gasteiger partial charge >= 0.3 is 0 Å². The first kappa shape index (κ1) is 14.5. The molecular weight excluding hydrogens is 326 g/mol. The van der Waals surface area contributed by atoms with E-state index in [2.05, 4.69) is 19.9 Å². The number of ether oxygens (including phenoxy) is 1. The Bertz CT molecular complexity index is 1030. The number of anilines is 1. The van der Waals surface area contributed by atoms with Crippen LogP contribution in [0.25, 0.3) is 22.3 Å². The molecule has 0 atom stereocenters. The Hall–Kier alpha value is -3.12. The van der Waals surface area contributed by atoms with E-state index < -0.39 is 0 Å². The topological polar surface area (TPSA) is 89.7 Å². The number of nitrogens with zero attached hydrogens (tertiary/aromatic N) is 3. The van der Waals surface area contributed by atoms with Crippen molar-refractivity contribution in [2.24, 2.45) is 0 Å². The summed E-state index contributed by atoms with van der Waals surface area (Å²) in [6, 6.07) is 10.8. The number of rotatable bonds is 3. The molecular formula is C17H12ClN5O. The average molecular weight is 338 g/mol. The quantitative estimate of drug-likeness (QED) is 0.588. The molecule has 0 spiro atoms. The number of nitrogens with two attached hydrogens (primary N) is 1. The van der Waals surface area contributed by atoms with E-state index in [1.54, 1.807) is 36.7 Å². The van der Waals surface area contributed by atoms with Crippen molar-refractivity contribution in [2.75, 3.05) is 5.73 Å². The molecule has 7 heteroatoms. The summed E-state index contributed by atoms with van der Waals surface area (Å²) in [6.45, 7) is 0. The Labute approximate surface area is 142 Å². The number of benzene rings is 1. The second-order valence-electron chi connectivity index (χ2n) is 5.09. The highest BCUT2D eigenvalue weighted by molar-refractivity contribution is 6.30. The predicted molar refractivity (Wildman–Crippen MR) is 93.1 cm³/mol. The van der Waals surface area contributed by atoms with Crippen LogP contribution >= 0.6 is 11.6 Å². The van der Waals surface area contributed by atoms with Crippen molar-refractivity contribution in [1.29, 1.82) is 0 Å². The number of aromatic amines is 1. The van der Waals surface area contributed by atoms with E-state index in [0.29, 0.717) is 27.9 Å². The molecule has 0 saturated heterocycles. The van der Waals surface area contributed by atoms with Gasteiger partial charge in [-0.1, -0.05) is 17.7 Å². The molecule has 24 heavy (non-hydrogen) atoms. The minimum Gasteiger partial charge on any atom is -0.456 e. The second kappa shape index (κ2) is 5.82. The molecule has 0 aliphatic heterocycles. The first-order valence-corrected chi connectivity index (χ1v) is 7.57. The van der Waals surface area contributed by atoms with Gasteiger partial charge in [-0.25, -0.2) is 15.0 Å². The fourth-order valence-corrected chi connectivity index (χ4v) is 2.68. The summed E-state index contributed by atoms with van der Waals surface area (Å²) in [7, 11) is 0. The van der Waals surface area contributed by atoms with Gasteiger partial charge in [0, 0.05) is 29.2 Å². The Morgan fingerprint density at radius 3 is 2.79 bits per heavy atom. The van der Waals surface area contributed by atoms with E-state index in [4.69, 9.17) is 22.1 Å². The van der Waals surface area contributed by atoms with Crippen LogP contribution in [-0.4, -0.2) is 19.9 Å². The van der Waals surface area contributed by atoms with Gasteiger partial charge in [0.25, 0.3) is 0 Å². The monoisotopic (exact) mass is 337 g/mol. The van der Waals surface area contributed by atoms with Gasteiger partial charge in [0.05, 0.1) is 11.1 Å². The molecule has 4 rings (SSSR count). The van der Waals surface area contributed by atoms with Gasteiger partial charge in [0.2, 0.25) is 5.95 Å². The van der Waals surface area contributed by atoms with Crippen LogP contribution in [0, 0.1) is 0 Å². The number of hydrogen-bond donors (Lipinski definition) is 2. The van der Waals surface area contributed by atoms with Crippen molar-refractivity contribution >= 4 is 28.6 Å². The van der Waals surface area contributed by atoms with Crippen molar-refractivity contribution < 1.29 is 4.74 Å². The molecule has 118 valence electrons. The number of H-pyrrole nitrogens is 1. The minimum atomic E-state index is 0.211. The van der Waals surface area contributed by atoms with E-state index in [0.717, 1.165) is 10.9 Å². The van der Waals surface area contributed by atoms with Crippen LogP contribution in [-0.2, 0) is 0 Å². The van der Waals surface area contributed by atoms with Crippen LogP contribution in [0.5, 0.6) is 11.5 Å². The molecule has 0 bridgehead atoms. The summed E-state index contributed by atoms with van der Waals surface area (Å²) in [5.74, 6) is 1.50. The molecule has 0 unspecified atom stereocenters. The minimum absolute atomic E-state index is 0.211. The third-order valence-electron chi connectivity index (χ3n) is 3.51. The third-order valence-corrected chi connectivity index (χ3v) is 3.74. The van der Waals surface area contributed by atoms with E-state index >= 15 is 0 Å². The van der Waals surface area contributed by atoms with E-state index in [-0.39, 0.29) is 5.95 Å². The molecule has 4 aromatic rings. The number of halogens is 1. The number of fused-ring (bicyclic) bond motifs is 1. The fourth-order valence-electron chi connectivity index (χ4n) is 2.49. The van der Waals surface area contributed by atoms with Gasteiger partial charge in [-0.05, 0) is 30.3 Å². The number of aromatic nitrogens is 4. The summed E-state index contributed by atoms with van der Waals surface area (Å²) < 4.78 is 6.00. The molecule has 1 aromatic carbocycles. The molecule has 3 heterocycles. The number of pyridine rings is 1. The van der Waals surface area contributed by atoms with E-state index in [1.807, 2.05) is 18.3 Å². The summed E-state index contributed by atoms with van der Waals surface area (Å²) in [5.41, 5.74) is 7.92. The van der Waals surface area contributed by atoms with E-state index in [1.165, 1.54) is 0 Å². The molecule has 0 radical (unpaired) electrons. The van der Waals surface area contributed by atoms with Crippen molar-refractivity contribution in [2.45, 2.75) is 0 Å². The van der Waals surface area contributed by atoms with Crippen LogP contribution < -0.4 is 10.5 Å². The summed E-state index contributed by atoms with van der Waals surface area (Å²) in [5, 5.41) is 1.42. The van der Waals surface area contributed by atoms with Crippen molar-refractivity contribution in [3.63, 3.8) is 0 Å². The zero-order chi connectivity index (χ0) is 16.5. The highest BCUT2D eigenvalue weighted by Gasteiger charge is 2.14. The standard InChI is InChI=1S/C17H12ClN5O/c18-10-2-1-3-11(8-10)24-14-5-7-20-16-15(14)12(9-22-16)13-4-6-21-17(19)23-13/h1-9H,(H,20,22)(H2,19,21,23). The molecule has 6 nitrogen and oxygen atoms in total. The lowest BCUT2D eigenvalue weighted by molar-refractivity contribution is 0.488.